The van der Waals surface area contributed by atoms with Gasteiger partial charge in [-0.25, -0.2) is 5.11 Å². The van der Waals surface area contributed by atoms with Gasteiger partial charge < -0.3 is 0 Å². The molecule has 0 aromatic heterocycles. The Labute approximate surface area is 186 Å². The second-order valence-corrected chi connectivity index (χ2v) is 11.7. The van der Waals surface area contributed by atoms with Crippen LogP contribution < -0.4 is 0 Å². The lowest BCUT2D eigenvalue weighted by Crippen LogP contribution is -2.55. The number of hydrogen-bond donors (Lipinski definition) is 0. The van der Waals surface area contributed by atoms with Crippen LogP contribution in [0.15, 0.2) is 24.3 Å². The monoisotopic (exact) mass is 511 g/mol. The van der Waals surface area contributed by atoms with Crippen molar-refractivity contribution in [3.05, 3.63) is 35.4 Å². The van der Waals surface area contributed by atoms with Gasteiger partial charge >= 0.3 is 0 Å². The Hall–Kier alpha value is 1.79. The summed E-state index contributed by atoms with van der Waals surface area (Å²) in [7, 11) is 0. The van der Waals surface area contributed by atoms with Gasteiger partial charge in [0.25, 0.3) is 0 Å². The zero-order valence-electron chi connectivity index (χ0n) is 12.3. The molecule has 0 spiro atoms. The Morgan fingerprint density at radius 3 is 1.67 bits per heavy atom. The molecule has 0 fully saturated rings. The van der Waals surface area contributed by atoms with Crippen molar-refractivity contribution in [2.24, 2.45) is 5.92 Å². The van der Waals surface area contributed by atoms with Gasteiger partial charge in [0.15, 0.2) is 8.67 Å². The van der Waals surface area contributed by atoms with E-state index in [0.717, 1.165) is 0 Å². The summed E-state index contributed by atoms with van der Waals surface area (Å²) in [6.07, 6.45) is -1.14. The standard InChI is InChI=1S/C14H12Cl9O/c1-7(2)10(24)8-5-3-4-6-9(8)11(15,16)12(17,18)13(19,20)14(21,22)23/h3-7,10H,1-2H3. The summed E-state index contributed by atoms with van der Waals surface area (Å²) in [6.45, 7) is 3.50. The van der Waals surface area contributed by atoms with Crippen LogP contribution in [-0.4, -0.2) is 12.5 Å². The highest BCUT2D eigenvalue weighted by molar-refractivity contribution is 6.80. The van der Waals surface area contributed by atoms with E-state index in [1.807, 2.05) is 0 Å². The minimum atomic E-state index is -2.40. The molecule has 1 unspecified atom stereocenters. The lowest BCUT2D eigenvalue weighted by atomic mass is 9.91. The normalized spacial score (nSPS) is 15.7. The molecule has 10 heteroatoms. The van der Waals surface area contributed by atoms with Gasteiger partial charge in [-0.3, -0.25) is 0 Å². The lowest BCUT2D eigenvalue weighted by molar-refractivity contribution is 0.0478. The first-order chi connectivity index (χ1) is 10.6. The Balaban J connectivity index is 3.56. The van der Waals surface area contributed by atoms with Gasteiger partial charge in [0.1, 0.15) is 6.10 Å². The Morgan fingerprint density at radius 1 is 0.792 bits per heavy atom. The molecular formula is C14H12Cl9O. The molecule has 1 atom stereocenters. The van der Waals surface area contributed by atoms with Crippen LogP contribution in [0.4, 0.5) is 0 Å². The average Bonchev–Trinajstić information content (AvgIpc) is 2.44. The number of alkyl halides is 9. The van der Waals surface area contributed by atoms with Crippen molar-refractivity contribution >= 4 is 104 Å². The molecule has 0 saturated heterocycles. The van der Waals surface area contributed by atoms with Crippen molar-refractivity contribution in [2.45, 2.75) is 36.7 Å². The number of halogens is 9. The fourth-order valence-corrected chi connectivity index (χ4v) is 4.24. The van der Waals surface area contributed by atoms with Crippen LogP contribution in [0.3, 0.4) is 0 Å². The second-order valence-electron chi connectivity index (χ2n) is 5.47. The van der Waals surface area contributed by atoms with Gasteiger partial charge in [0.05, 0.1) is 0 Å². The predicted molar refractivity (Wildman–Crippen MR) is 107 cm³/mol. The molecule has 24 heavy (non-hydrogen) atoms. The second kappa shape index (κ2) is 8.03. The first-order valence-corrected chi connectivity index (χ1v) is 9.94. The summed E-state index contributed by atoms with van der Waals surface area (Å²) in [4.78, 5) is 0. The first kappa shape index (κ1) is 23.8. The fraction of sp³-hybridized carbons (Fsp3) is 0.571. The SMILES string of the molecule is CC(C)C([O])c1ccccc1C(Cl)(Cl)C(Cl)(Cl)C(Cl)(Cl)C(Cl)(Cl)Cl. The molecule has 0 N–H and O–H groups in total. The number of hydrogen-bond acceptors (Lipinski definition) is 0. The molecule has 0 bridgehead atoms. The van der Waals surface area contributed by atoms with Crippen molar-refractivity contribution in [3.63, 3.8) is 0 Å². The molecular weight excluding hydrogens is 503 g/mol. The van der Waals surface area contributed by atoms with Crippen LogP contribution in [0.2, 0.25) is 0 Å². The molecule has 1 rings (SSSR count). The van der Waals surface area contributed by atoms with Crippen molar-refractivity contribution in [1.82, 2.24) is 0 Å². The maximum Gasteiger partial charge on any atom is 0.226 e. The summed E-state index contributed by atoms with van der Waals surface area (Å²) < 4.78 is -9.26. The molecule has 1 aromatic carbocycles. The summed E-state index contributed by atoms with van der Waals surface area (Å²) >= 11 is 54.9. The molecule has 1 nitrogen and oxygen atoms in total. The molecule has 0 aliphatic heterocycles. The average molecular weight is 515 g/mol. The topological polar surface area (TPSA) is 19.9 Å². The van der Waals surface area contributed by atoms with Crippen molar-refractivity contribution in [2.75, 3.05) is 0 Å². The summed E-state index contributed by atoms with van der Waals surface area (Å²) in [5.74, 6) is -0.250. The molecule has 0 amide bonds. The van der Waals surface area contributed by atoms with Crippen molar-refractivity contribution < 1.29 is 5.11 Å². The highest BCUT2D eigenvalue weighted by atomic mass is 35.6. The van der Waals surface area contributed by atoms with E-state index < -0.39 is 22.9 Å². The molecule has 0 heterocycles. The van der Waals surface area contributed by atoms with E-state index in [-0.39, 0.29) is 17.0 Å². The van der Waals surface area contributed by atoms with Crippen molar-refractivity contribution in [1.29, 1.82) is 0 Å². The van der Waals surface area contributed by atoms with Crippen LogP contribution >= 0.6 is 104 Å². The number of benzene rings is 1. The third-order valence-corrected chi connectivity index (χ3v) is 8.80. The lowest BCUT2D eigenvalue weighted by Gasteiger charge is -2.44. The third kappa shape index (κ3) is 4.27. The van der Waals surface area contributed by atoms with Gasteiger partial charge in [-0.1, -0.05) is 143 Å². The summed E-state index contributed by atoms with van der Waals surface area (Å²) in [5, 5.41) is 12.5. The maximum absolute atomic E-state index is 12.5. The molecule has 0 aliphatic rings. The van der Waals surface area contributed by atoms with Gasteiger partial charge in [-0.2, -0.15) is 0 Å². The number of rotatable bonds is 5. The zero-order chi connectivity index (χ0) is 19.1. The van der Waals surface area contributed by atoms with E-state index in [0.29, 0.717) is 0 Å². The Bertz CT molecular complexity index is 578. The van der Waals surface area contributed by atoms with Crippen LogP contribution in [0, 0.1) is 5.92 Å². The minimum Gasteiger partial charge on any atom is -0.228 e. The molecule has 1 radical (unpaired) electrons. The largest absolute Gasteiger partial charge is 0.228 e. The highest BCUT2D eigenvalue weighted by Crippen LogP contribution is 2.65. The van der Waals surface area contributed by atoms with E-state index in [4.69, 9.17) is 104 Å². The van der Waals surface area contributed by atoms with Crippen LogP contribution in [0.25, 0.3) is 0 Å². The van der Waals surface area contributed by atoms with Gasteiger partial charge in [0, 0.05) is 0 Å². The highest BCUT2D eigenvalue weighted by Gasteiger charge is 2.68. The van der Waals surface area contributed by atoms with Crippen molar-refractivity contribution in [3.8, 4) is 0 Å². The smallest absolute Gasteiger partial charge is 0.226 e. The fourth-order valence-electron chi connectivity index (χ4n) is 1.93. The summed E-state index contributed by atoms with van der Waals surface area (Å²) in [6, 6.07) is 6.32. The van der Waals surface area contributed by atoms with Gasteiger partial charge in [-0.15, -0.1) is 0 Å². The third-order valence-electron chi connectivity index (χ3n) is 3.36. The van der Waals surface area contributed by atoms with E-state index in [2.05, 4.69) is 0 Å². The molecule has 0 aliphatic carbocycles. The molecule has 0 saturated carbocycles. The Kier molecular flexibility index (Phi) is 7.98. The van der Waals surface area contributed by atoms with Gasteiger partial charge in [-0.05, 0) is 17.0 Å². The molecule has 137 valence electrons. The van der Waals surface area contributed by atoms with Crippen LogP contribution in [0.5, 0.6) is 0 Å². The van der Waals surface area contributed by atoms with E-state index in [1.54, 1.807) is 32.0 Å². The quantitative estimate of drug-likeness (QED) is 0.353. The zero-order valence-corrected chi connectivity index (χ0v) is 19.1. The van der Waals surface area contributed by atoms with E-state index in [1.165, 1.54) is 6.07 Å². The van der Waals surface area contributed by atoms with Gasteiger partial charge in [0.2, 0.25) is 8.13 Å². The first-order valence-electron chi connectivity index (χ1n) is 6.54. The molecule has 1 aromatic rings. The minimum absolute atomic E-state index is 0.131. The van der Waals surface area contributed by atoms with Crippen LogP contribution in [0.1, 0.15) is 31.1 Å². The Morgan fingerprint density at radius 2 is 1.25 bits per heavy atom. The summed E-state index contributed by atoms with van der Waals surface area (Å²) in [5.41, 5.74) is 0.420. The van der Waals surface area contributed by atoms with E-state index >= 15 is 0 Å². The van der Waals surface area contributed by atoms with E-state index in [9.17, 15) is 5.11 Å². The van der Waals surface area contributed by atoms with Crippen LogP contribution in [-0.2, 0) is 9.44 Å². The predicted octanol–water partition coefficient (Wildman–Crippen LogP) is 8.16. The maximum atomic E-state index is 12.5.